The number of anilines is 2. The van der Waals surface area contributed by atoms with Gasteiger partial charge in [-0.1, -0.05) is 36.0 Å². The lowest BCUT2D eigenvalue weighted by molar-refractivity contribution is 0.415. The van der Waals surface area contributed by atoms with Gasteiger partial charge in [-0.3, -0.25) is 0 Å². The number of rotatable bonds is 11. The third-order valence-corrected chi connectivity index (χ3v) is 8.06. The Hall–Kier alpha value is -4.00. The Labute approximate surface area is 255 Å². The average Bonchev–Trinajstić information content (AvgIpc) is 3.00. The highest BCUT2D eigenvalue weighted by atomic mass is 35.5. The van der Waals surface area contributed by atoms with E-state index in [0.717, 1.165) is 105 Å². The van der Waals surface area contributed by atoms with Crippen LogP contribution in [0.5, 0.6) is 11.5 Å². The SMILES string of the molecule is COc1ccc2nc3cc(Cl)ccc3c(NCCCCCCNc3c4ccc(Cl)cc4nc4ccc(OC)cc34)c2c1. The van der Waals surface area contributed by atoms with E-state index < -0.39 is 0 Å². The molecule has 0 saturated carbocycles. The van der Waals surface area contributed by atoms with Gasteiger partial charge < -0.3 is 20.1 Å². The van der Waals surface area contributed by atoms with Gasteiger partial charge in [0.05, 0.1) is 47.7 Å². The summed E-state index contributed by atoms with van der Waals surface area (Å²) in [7, 11) is 3.37. The number of aromatic nitrogens is 2. The minimum atomic E-state index is 0.679. The number of unbranched alkanes of at least 4 members (excludes halogenated alkanes) is 3. The Morgan fingerprint density at radius 3 is 1.40 bits per heavy atom. The molecule has 0 aliphatic heterocycles. The van der Waals surface area contributed by atoms with E-state index in [1.165, 1.54) is 0 Å². The van der Waals surface area contributed by atoms with Gasteiger partial charge >= 0.3 is 0 Å². The van der Waals surface area contributed by atoms with Gasteiger partial charge in [-0.05, 0) is 85.6 Å². The molecule has 0 unspecified atom stereocenters. The minimum absolute atomic E-state index is 0.679. The van der Waals surface area contributed by atoms with Crippen molar-refractivity contribution >= 4 is 78.2 Å². The normalized spacial score (nSPS) is 11.4. The van der Waals surface area contributed by atoms with Crippen LogP contribution in [0.3, 0.4) is 0 Å². The van der Waals surface area contributed by atoms with E-state index >= 15 is 0 Å². The van der Waals surface area contributed by atoms with E-state index in [4.69, 9.17) is 42.6 Å². The zero-order valence-electron chi connectivity index (χ0n) is 23.6. The van der Waals surface area contributed by atoms with Gasteiger partial charge in [0, 0.05) is 44.7 Å². The zero-order valence-corrected chi connectivity index (χ0v) is 25.1. The van der Waals surface area contributed by atoms with Crippen molar-refractivity contribution in [1.29, 1.82) is 0 Å². The van der Waals surface area contributed by atoms with Crippen LogP contribution in [0.25, 0.3) is 43.6 Å². The number of methoxy groups -OCH3 is 2. The van der Waals surface area contributed by atoms with Crippen molar-refractivity contribution in [3.05, 3.63) is 82.8 Å². The molecule has 0 fully saturated rings. The van der Waals surface area contributed by atoms with Gasteiger partial charge in [-0.2, -0.15) is 0 Å². The van der Waals surface area contributed by atoms with Gasteiger partial charge in [0.2, 0.25) is 0 Å². The fraction of sp³-hybridized carbons (Fsp3) is 0.235. The Balaban J connectivity index is 1.09. The maximum atomic E-state index is 6.27. The molecule has 2 heterocycles. The third-order valence-electron chi connectivity index (χ3n) is 7.59. The fourth-order valence-electron chi connectivity index (χ4n) is 5.46. The standard InChI is InChI=1S/C34H32Cl2N4O2/c1-41-23-9-13-29-27(19-23)33(25-11-7-21(35)17-31(25)39-29)37-15-5-3-4-6-16-38-34-26-12-8-22(36)18-32(26)40-30-14-10-24(42-2)20-28(30)34/h7-14,17-20H,3-6,15-16H2,1-2H3,(H,37,39)(H,38,40). The lowest BCUT2D eigenvalue weighted by Gasteiger charge is -2.15. The molecule has 42 heavy (non-hydrogen) atoms. The Morgan fingerprint density at radius 2 is 0.976 bits per heavy atom. The molecule has 0 aliphatic rings. The zero-order chi connectivity index (χ0) is 29.1. The molecule has 8 heteroatoms. The van der Waals surface area contributed by atoms with E-state index in [-0.39, 0.29) is 0 Å². The third kappa shape index (κ3) is 5.83. The van der Waals surface area contributed by atoms with Crippen molar-refractivity contribution in [1.82, 2.24) is 9.97 Å². The molecule has 4 aromatic carbocycles. The van der Waals surface area contributed by atoms with E-state index in [1.54, 1.807) is 14.2 Å². The molecule has 0 atom stereocenters. The minimum Gasteiger partial charge on any atom is -0.497 e. The van der Waals surface area contributed by atoms with Gasteiger partial charge in [0.25, 0.3) is 0 Å². The summed E-state index contributed by atoms with van der Waals surface area (Å²) in [4.78, 5) is 9.65. The maximum Gasteiger partial charge on any atom is 0.119 e. The topological polar surface area (TPSA) is 68.3 Å². The van der Waals surface area contributed by atoms with Crippen molar-refractivity contribution in [2.75, 3.05) is 37.9 Å². The van der Waals surface area contributed by atoms with Gasteiger partial charge in [-0.25, -0.2) is 9.97 Å². The largest absolute Gasteiger partial charge is 0.497 e. The van der Waals surface area contributed by atoms with Gasteiger partial charge in [0.15, 0.2) is 0 Å². The number of benzene rings is 4. The Morgan fingerprint density at radius 1 is 0.524 bits per heavy atom. The molecule has 2 aromatic heterocycles. The number of fused-ring (bicyclic) bond motifs is 4. The average molecular weight is 600 g/mol. The summed E-state index contributed by atoms with van der Waals surface area (Å²) in [5.41, 5.74) is 5.72. The van der Waals surface area contributed by atoms with Crippen LogP contribution < -0.4 is 20.1 Å². The second-order valence-electron chi connectivity index (χ2n) is 10.3. The molecule has 6 nitrogen and oxygen atoms in total. The van der Waals surface area contributed by atoms with E-state index in [9.17, 15) is 0 Å². The first-order chi connectivity index (χ1) is 20.5. The number of nitrogens with one attached hydrogen (secondary N) is 2. The first-order valence-corrected chi connectivity index (χ1v) is 14.9. The molecule has 2 N–H and O–H groups in total. The van der Waals surface area contributed by atoms with Gasteiger partial charge in [0.1, 0.15) is 11.5 Å². The van der Waals surface area contributed by atoms with Crippen LogP contribution in [0.4, 0.5) is 11.4 Å². The predicted octanol–water partition coefficient (Wildman–Crippen LogP) is 9.50. The van der Waals surface area contributed by atoms with E-state index in [2.05, 4.69) is 10.6 Å². The smallest absolute Gasteiger partial charge is 0.119 e. The number of hydrogen-bond donors (Lipinski definition) is 2. The number of halogens is 2. The molecule has 0 spiro atoms. The summed E-state index contributed by atoms with van der Waals surface area (Å²) in [5, 5.41) is 12.9. The molecule has 0 radical (unpaired) electrons. The summed E-state index contributed by atoms with van der Waals surface area (Å²) in [5.74, 6) is 1.62. The summed E-state index contributed by atoms with van der Waals surface area (Å²) >= 11 is 12.5. The van der Waals surface area contributed by atoms with E-state index in [1.807, 2.05) is 72.8 Å². The van der Waals surface area contributed by atoms with E-state index in [0.29, 0.717) is 10.0 Å². The first-order valence-electron chi connectivity index (χ1n) is 14.2. The molecule has 0 bridgehead atoms. The highest BCUT2D eigenvalue weighted by Gasteiger charge is 2.12. The summed E-state index contributed by atoms with van der Waals surface area (Å²) in [6.07, 6.45) is 4.34. The first kappa shape index (κ1) is 28.1. The monoisotopic (exact) mass is 598 g/mol. The summed E-state index contributed by atoms with van der Waals surface area (Å²) in [6.45, 7) is 1.73. The van der Waals surface area contributed by atoms with Crippen molar-refractivity contribution in [3.63, 3.8) is 0 Å². The summed E-state index contributed by atoms with van der Waals surface area (Å²) in [6, 6.07) is 23.7. The lowest BCUT2D eigenvalue weighted by atomic mass is 10.1. The lowest BCUT2D eigenvalue weighted by Crippen LogP contribution is -2.05. The number of hydrogen-bond acceptors (Lipinski definition) is 6. The highest BCUT2D eigenvalue weighted by molar-refractivity contribution is 6.32. The van der Waals surface area contributed by atoms with Crippen LogP contribution in [0.1, 0.15) is 25.7 Å². The van der Waals surface area contributed by atoms with Crippen LogP contribution in [0.2, 0.25) is 10.0 Å². The maximum absolute atomic E-state index is 6.27. The van der Waals surface area contributed by atoms with Crippen LogP contribution in [-0.2, 0) is 0 Å². The molecule has 0 aliphatic carbocycles. The second kappa shape index (κ2) is 12.5. The molecular weight excluding hydrogens is 567 g/mol. The molecule has 0 saturated heterocycles. The van der Waals surface area contributed by atoms with Crippen molar-refractivity contribution < 1.29 is 9.47 Å². The Kier molecular flexibility index (Phi) is 8.36. The van der Waals surface area contributed by atoms with Crippen LogP contribution >= 0.6 is 23.2 Å². The number of pyridine rings is 2. The predicted molar refractivity (Wildman–Crippen MR) is 177 cm³/mol. The molecule has 214 valence electrons. The second-order valence-corrected chi connectivity index (χ2v) is 11.2. The van der Waals surface area contributed by atoms with Crippen LogP contribution in [0.15, 0.2) is 72.8 Å². The van der Waals surface area contributed by atoms with Crippen LogP contribution in [-0.4, -0.2) is 37.3 Å². The fourth-order valence-corrected chi connectivity index (χ4v) is 5.79. The van der Waals surface area contributed by atoms with Gasteiger partial charge in [-0.15, -0.1) is 0 Å². The number of nitrogens with zero attached hydrogens (tertiary/aromatic N) is 2. The van der Waals surface area contributed by atoms with Crippen molar-refractivity contribution in [2.24, 2.45) is 0 Å². The Bertz CT molecular complexity index is 1770. The van der Waals surface area contributed by atoms with Crippen molar-refractivity contribution in [2.45, 2.75) is 25.7 Å². The molecule has 0 amide bonds. The van der Waals surface area contributed by atoms with Crippen molar-refractivity contribution in [3.8, 4) is 11.5 Å². The highest BCUT2D eigenvalue weighted by Crippen LogP contribution is 2.35. The molecular formula is C34H32Cl2N4O2. The number of ether oxygens (including phenoxy) is 2. The quantitative estimate of drug-likeness (QED) is 0.114. The summed E-state index contributed by atoms with van der Waals surface area (Å²) < 4.78 is 11.0. The van der Waals surface area contributed by atoms with Crippen LogP contribution in [0, 0.1) is 0 Å². The molecule has 6 rings (SSSR count). The molecule has 6 aromatic rings.